The molecule has 208 valence electrons. The lowest BCUT2D eigenvalue weighted by atomic mass is 10.1. The van der Waals surface area contributed by atoms with Gasteiger partial charge in [0.25, 0.3) is 11.7 Å². The predicted molar refractivity (Wildman–Crippen MR) is 153 cm³/mol. The third kappa shape index (κ3) is 5.93. The number of likely N-dealkylation sites (tertiary alicyclic amines) is 1. The normalized spacial score (nSPS) is 20.9. The summed E-state index contributed by atoms with van der Waals surface area (Å²) < 4.78 is 5.35. The van der Waals surface area contributed by atoms with Gasteiger partial charge in [-0.2, -0.15) is 4.99 Å². The second-order valence-corrected chi connectivity index (χ2v) is 10.6. The maximum Gasteiger partial charge on any atom is 0.257 e. The molecule has 40 heavy (non-hydrogen) atoms. The van der Waals surface area contributed by atoms with Crippen LogP contribution in [0.2, 0.25) is 0 Å². The van der Waals surface area contributed by atoms with Crippen molar-refractivity contribution in [2.75, 3.05) is 56.3 Å². The van der Waals surface area contributed by atoms with Gasteiger partial charge >= 0.3 is 0 Å². The Kier molecular flexibility index (Phi) is 7.87. The monoisotopic (exact) mass is 542 g/mol. The molecule has 1 unspecified atom stereocenters. The van der Waals surface area contributed by atoms with Crippen LogP contribution in [0, 0.1) is 0 Å². The number of carbonyl (C=O) groups excluding carboxylic acids is 2. The van der Waals surface area contributed by atoms with Crippen LogP contribution in [0.3, 0.4) is 0 Å². The SMILES string of the molecule is O=C(Cc1cccc(N2C=C(Nc3ccc(C(=O)N4CCOCC4)cn3)C3=NC=C[NH+]3C2)c1)N1CCCCCC1. The van der Waals surface area contributed by atoms with Crippen LogP contribution in [-0.2, 0) is 16.0 Å². The molecule has 0 bridgehead atoms. The second kappa shape index (κ2) is 12.0. The number of anilines is 2. The molecule has 1 aromatic carbocycles. The van der Waals surface area contributed by atoms with E-state index in [1.54, 1.807) is 17.2 Å². The van der Waals surface area contributed by atoms with Crippen molar-refractivity contribution in [3.63, 3.8) is 0 Å². The molecule has 2 amide bonds. The molecule has 6 rings (SSSR count). The number of ether oxygens (including phenoxy) is 1. The number of quaternary nitrogens is 1. The Balaban J connectivity index is 1.16. The molecular formula is C30H36N7O3+. The maximum absolute atomic E-state index is 13.0. The lowest BCUT2D eigenvalue weighted by molar-refractivity contribution is -0.743. The van der Waals surface area contributed by atoms with E-state index < -0.39 is 0 Å². The van der Waals surface area contributed by atoms with Gasteiger partial charge in [0, 0.05) is 44.3 Å². The van der Waals surface area contributed by atoms with E-state index in [9.17, 15) is 9.59 Å². The van der Waals surface area contributed by atoms with Gasteiger partial charge in [0.2, 0.25) is 5.91 Å². The number of aromatic nitrogens is 1. The molecular weight excluding hydrogens is 506 g/mol. The Morgan fingerprint density at radius 2 is 1.80 bits per heavy atom. The first-order chi connectivity index (χ1) is 19.6. The third-order valence-corrected chi connectivity index (χ3v) is 7.79. The van der Waals surface area contributed by atoms with Crippen LogP contribution in [0.15, 0.2) is 71.9 Å². The molecule has 2 N–H and O–H groups in total. The standard InChI is InChI=1S/C30H35N7O3/c38-28(34-11-3-1-2-4-12-34)19-23-6-5-7-25(18-23)37-21-26(29-31-10-13-36(29)22-37)33-27-9-8-24(20-32-27)30(39)35-14-16-40-17-15-35/h5-10,13,18,20-21H,1-4,11-12,14-17,19,22H2,(H,32,33)/p+1. The number of hydrogen-bond donors (Lipinski definition) is 2. The molecule has 2 saturated heterocycles. The number of rotatable bonds is 6. The van der Waals surface area contributed by atoms with Crippen molar-refractivity contribution >= 4 is 29.2 Å². The zero-order chi connectivity index (χ0) is 27.3. The predicted octanol–water partition coefficient (Wildman–Crippen LogP) is 2.00. The summed E-state index contributed by atoms with van der Waals surface area (Å²) in [6, 6.07) is 11.9. The van der Waals surface area contributed by atoms with Gasteiger partial charge in [-0.15, -0.1) is 0 Å². The number of benzene rings is 1. The molecule has 2 aromatic rings. The molecule has 2 fully saturated rings. The van der Waals surface area contributed by atoms with E-state index in [0.717, 1.165) is 53.6 Å². The molecule has 1 aromatic heterocycles. The van der Waals surface area contributed by atoms with Gasteiger partial charge < -0.3 is 19.9 Å². The van der Waals surface area contributed by atoms with Crippen molar-refractivity contribution in [3.8, 4) is 0 Å². The van der Waals surface area contributed by atoms with Crippen molar-refractivity contribution < 1.29 is 19.2 Å². The highest BCUT2D eigenvalue weighted by atomic mass is 16.5. The molecule has 4 aliphatic heterocycles. The largest absolute Gasteiger partial charge is 0.378 e. The van der Waals surface area contributed by atoms with Crippen molar-refractivity contribution in [3.05, 3.63) is 78.0 Å². The number of aliphatic imine (C=N–C) groups is 1. The number of pyridine rings is 1. The molecule has 10 heteroatoms. The minimum atomic E-state index is -0.0281. The van der Waals surface area contributed by atoms with Crippen molar-refractivity contribution in [1.82, 2.24) is 14.8 Å². The summed E-state index contributed by atoms with van der Waals surface area (Å²) >= 11 is 0. The number of morpholine rings is 1. The second-order valence-electron chi connectivity index (χ2n) is 10.6. The number of hydrogen-bond acceptors (Lipinski definition) is 7. The zero-order valence-electron chi connectivity index (χ0n) is 22.7. The van der Waals surface area contributed by atoms with E-state index in [2.05, 4.69) is 32.3 Å². The van der Waals surface area contributed by atoms with Gasteiger partial charge in [-0.3, -0.25) is 14.5 Å². The van der Waals surface area contributed by atoms with Crippen LogP contribution in [0.25, 0.3) is 0 Å². The summed E-state index contributed by atoms with van der Waals surface area (Å²) in [7, 11) is 0. The Hall–Kier alpha value is -4.02. The van der Waals surface area contributed by atoms with Gasteiger partial charge in [-0.25, -0.2) is 9.88 Å². The smallest absolute Gasteiger partial charge is 0.257 e. The molecule has 1 atom stereocenters. The molecule has 4 aliphatic rings. The highest BCUT2D eigenvalue weighted by Gasteiger charge is 2.31. The fourth-order valence-corrected chi connectivity index (χ4v) is 5.57. The van der Waals surface area contributed by atoms with Crippen molar-refractivity contribution in [1.29, 1.82) is 0 Å². The third-order valence-electron chi connectivity index (χ3n) is 7.79. The van der Waals surface area contributed by atoms with E-state index in [4.69, 9.17) is 4.74 Å². The summed E-state index contributed by atoms with van der Waals surface area (Å²) in [6.45, 7) is 4.75. The average molecular weight is 543 g/mol. The number of nitrogens with one attached hydrogen (secondary N) is 2. The molecule has 0 saturated carbocycles. The number of carbonyl (C=O) groups is 2. The number of nitrogens with zero attached hydrogens (tertiary/aromatic N) is 5. The first-order valence-corrected chi connectivity index (χ1v) is 14.2. The number of fused-ring (bicyclic) bond motifs is 1. The zero-order valence-corrected chi connectivity index (χ0v) is 22.7. The first kappa shape index (κ1) is 26.2. The minimum absolute atomic E-state index is 0.0281. The van der Waals surface area contributed by atoms with Crippen LogP contribution < -0.4 is 15.1 Å². The van der Waals surface area contributed by atoms with Crippen LogP contribution in [0.5, 0.6) is 0 Å². The maximum atomic E-state index is 13.0. The highest BCUT2D eigenvalue weighted by Crippen LogP contribution is 2.21. The Morgan fingerprint density at radius 1 is 0.975 bits per heavy atom. The summed E-state index contributed by atoms with van der Waals surface area (Å²) in [5.74, 6) is 1.70. The molecule has 0 radical (unpaired) electrons. The van der Waals surface area contributed by atoms with Gasteiger partial charge in [0.05, 0.1) is 31.4 Å². The van der Waals surface area contributed by atoms with E-state index in [0.29, 0.717) is 50.8 Å². The summed E-state index contributed by atoms with van der Waals surface area (Å²) in [5.41, 5.74) is 3.43. The summed E-state index contributed by atoms with van der Waals surface area (Å²) in [6.07, 6.45) is 12.5. The number of amidine groups is 1. The fraction of sp³-hybridized carbons (Fsp3) is 0.400. The quantitative estimate of drug-likeness (QED) is 0.580. The van der Waals surface area contributed by atoms with E-state index in [1.807, 2.05) is 41.7 Å². The topological polar surface area (TPSA) is 94.8 Å². The molecule has 5 heterocycles. The Labute approximate surface area is 234 Å². The van der Waals surface area contributed by atoms with E-state index in [-0.39, 0.29) is 11.8 Å². The van der Waals surface area contributed by atoms with E-state index >= 15 is 0 Å². The van der Waals surface area contributed by atoms with Crippen LogP contribution in [0.1, 0.15) is 41.6 Å². The Morgan fingerprint density at radius 3 is 2.58 bits per heavy atom. The molecule has 0 spiro atoms. The van der Waals surface area contributed by atoms with Gasteiger partial charge in [-0.05, 0) is 42.7 Å². The highest BCUT2D eigenvalue weighted by molar-refractivity contribution is 5.97. The average Bonchev–Trinajstić information content (AvgIpc) is 3.31. The van der Waals surface area contributed by atoms with Crippen LogP contribution in [0.4, 0.5) is 11.5 Å². The van der Waals surface area contributed by atoms with Crippen LogP contribution >= 0.6 is 0 Å². The van der Waals surface area contributed by atoms with Gasteiger partial charge in [-0.1, -0.05) is 25.0 Å². The summed E-state index contributed by atoms with van der Waals surface area (Å²) in [5, 5.41) is 3.40. The number of amides is 2. The van der Waals surface area contributed by atoms with Gasteiger partial charge in [0.1, 0.15) is 17.7 Å². The molecule has 10 nitrogen and oxygen atoms in total. The summed E-state index contributed by atoms with van der Waals surface area (Å²) in [4.78, 5) is 42.0. The van der Waals surface area contributed by atoms with Crippen molar-refractivity contribution in [2.45, 2.75) is 32.1 Å². The minimum Gasteiger partial charge on any atom is -0.378 e. The van der Waals surface area contributed by atoms with Crippen molar-refractivity contribution in [2.24, 2.45) is 4.99 Å². The fourth-order valence-electron chi connectivity index (χ4n) is 5.57. The lowest BCUT2D eigenvalue weighted by Gasteiger charge is -2.30. The molecule has 0 aliphatic carbocycles. The lowest BCUT2D eigenvalue weighted by Crippen LogP contribution is -3.12. The Bertz CT molecular complexity index is 1320. The van der Waals surface area contributed by atoms with Crippen LogP contribution in [-0.4, -0.2) is 78.5 Å². The van der Waals surface area contributed by atoms with Gasteiger partial charge in [0.15, 0.2) is 6.67 Å². The van der Waals surface area contributed by atoms with E-state index in [1.165, 1.54) is 12.8 Å². The first-order valence-electron chi connectivity index (χ1n) is 14.2.